The van der Waals surface area contributed by atoms with Gasteiger partial charge in [-0.15, -0.1) is 10.2 Å². The number of hydrogen-bond donors (Lipinski definition) is 1. The van der Waals surface area contributed by atoms with Crippen LogP contribution in [0.15, 0.2) is 18.3 Å². The van der Waals surface area contributed by atoms with Crippen molar-refractivity contribution in [3.8, 4) is 5.88 Å². The molecule has 2 aromatic rings. The van der Waals surface area contributed by atoms with Crippen molar-refractivity contribution in [2.45, 2.75) is 19.8 Å². The number of amides is 1. The average molecular weight is 278 g/mol. The van der Waals surface area contributed by atoms with Crippen molar-refractivity contribution in [2.24, 2.45) is 0 Å². The summed E-state index contributed by atoms with van der Waals surface area (Å²) in [5.41, 5.74) is 0.372. The lowest BCUT2D eigenvalue weighted by atomic mass is 10.2. The Balaban J connectivity index is 2.11. The summed E-state index contributed by atoms with van der Waals surface area (Å²) in [6.07, 6.45) is 3.43. The van der Waals surface area contributed by atoms with Gasteiger partial charge in [0.1, 0.15) is 10.6 Å². The first-order valence-electron chi connectivity index (χ1n) is 5.87. The normalized spacial score (nSPS) is 10.2. The van der Waals surface area contributed by atoms with Gasteiger partial charge in [0.05, 0.1) is 7.11 Å². The van der Waals surface area contributed by atoms with Crippen molar-refractivity contribution < 1.29 is 9.53 Å². The summed E-state index contributed by atoms with van der Waals surface area (Å²) in [6.45, 7) is 2.07. The molecule has 0 aliphatic rings. The van der Waals surface area contributed by atoms with Crippen LogP contribution < -0.4 is 10.1 Å². The van der Waals surface area contributed by atoms with Gasteiger partial charge < -0.3 is 4.74 Å². The molecular formula is C12H14N4O2S. The molecule has 0 aromatic carbocycles. The molecule has 0 aliphatic heterocycles. The van der Waals surface area contributed by atoms with Gasteiger partial charge in [0.2, 0.25) is 11.0 Å². The van der Waals surface area contributed by atoms with E-state index in [2.05, 4.69) is 27.4 Å². The molecule has 7 heteroatoms. The number of methoxy groups -OCH3 is 1. The predicted molar refractivity (Wildman–Crippen MR) is 72.6 cm³/mol. The molecule has 2 rings (SSSR count). The summed E-state index contributed by atoms with van der Waals surface area (Å²) in [7, 11) is 1.48. The summed E-state index contributed by atoms with van der Waals surface area (Å²) in [5.74, 6) is -0.0116. The van der Waals surface area contributed by atoms with Gasteiger partial charge in [-0.2, -0.15) is 0 Å². The fourth-order valence-corrected chi connectivity index (χ4v) is 2.35. The van der Waals surface area contributed by atoms with Gasteiger partial charge in [-0.3, -0.25) is 10.1 Å². The van der Waals surface area contributed by atoms with Gasteiger partial charge in [0, 0.05) is 12.6 Å². The van der Waals surface area contributed by atoms with E-state index in [1.165, 1.54) is 18.4 Å². The monoisotopic (exact) mass is 278 g/mol. The second kappa shape index (κ2) is 6.24. The first-order valence-corrected chi connectivity index (χ1v) is 6.69. The first-order chi connectivity index (χ1) is 9.24. The first kappa shape index (κ1) is 13.4. The second-order valence-corrected chi connectivity index (χ2v) is 4.83. The molecule has 0 saturated heterocycles. The highest BCUT2D eigenvalue weighted by Gasteiger charge is 2.14. The number of carbonyl (C=O) groups excluding carboxylic acids is 1. The number of anilines is 1. The van der Waals surface area contributed by atoms with E-state index >= 15 is 0 Å². The van der Waals surface area contributed by atoms with Crippen LogP contribution in [-0.2, 0) is 6.42 Å². The Hall–Kier alpha value is -2.02. The van der Waals surface area contributed by atoms with Crippen LogP contribution in [-0.4, -0.2) is 28.2 Å². The highest BCUT2D eigenvalue weighted by molar-refractivity contribution is 7.15. The number of rotatable bonds is 5. The van der Waals surface area contributed by atoms with E-state index in [9.17, 15) is 4.79 Å². The number of carbonyl (C=O) groups is 1. The SMILES string of the molecule is CCCc1nnc(NC(=O)c2cccnc2OC)s1. The van der Waals surface area contributed by atoms with Crippen LogP contribution in [0.5, 0.6) is 5.88 Å². The van der Waals surface area contributed by atoms with Crippen LogP contribution in [0.25, 0.3) is 0 Å². The maximum Gasteiger partial charge on any atom is 0.262 e. The molecule has 0 unspecified atom stereocenters. The molecule has 19 heavy (non-hydrogen) atoms. The van der Waals surface area contributed by atoms with Gasteiger partial charge in [-0.1, -0.05) is 18.3 Å². The highest BCUT2D eigenvalue weighted by atomic mass is 32.1. The number of nitrogens with zero attached hydrogens (tertiary/aromatic N) is 3. The van der Waals surface area contributed by atoms with Crippen LogP contribution in [0.3, 0.4) is 0 Å². The summed E-state index contributed by atoms with van der Waals surface area (Å²) >= 11 is 1.38. The van der Waals surface area contributed by atoms with E-state index in [0.29, 0.717) is 16.6 Å². The van der Waals surface area contributed by atoms with E-state index in [0.717, 1.165) is 17.8 Å². The molecule has 0 saturated carbocycles. The standard InChI is InChI=1S/C12H14N4O2S/c1-3-5-9-15-16-12(19-9)14-10(17)8-6-4-7-13-11(8)18-2/h4,6-7H,3,5H2,1-2H3,(H,14,16,17). The number of pyridine rings is 1. The van der Waals surface area contributed by atoms with Crippen LogP contribution in [0.1, 0.15) is 28.7 Å². The molecule has 6 nitrogen and oxygen atoms in total. The zero-order chi connectivity index (χ0) is 13.7. The van der Waals surface area contributed by atoms with Crippen molar-refractivity contribution in [2.75, 3.05) is 12.4 Å². The largest absolute Gasteiger partial charge is 0.480 e. The Morgan fingerprint density at radius 1 is 1.47 bits per heavy atom. The van der Waals surface area contributed by atoms with E-state index in [1.807, 2.05) is 0 Å². The maximum absolute atomic E-state index is 12.1. The third-order valence-electron chi connectivity index (χ3n) is 2.36. The Kier molecular flexibility index (Phi) is 4.40. The Labute approximate surface area is 114 Å². The third kappa shape index (κ3) is 3.25. The summed E-state index contributed by atoms with van der Waals surface area (Å²) in [6, 6.07) is 3.33. The summed E-state index contributed by atoms with van der Waals surface area (Å²) < 4.78 is 5.04. The molecule has 0 bridgehead atoms. The zero-order valence-corrected chi connectivity index (χ0v) is 11.5. The average Bonchev–Trinajstić information content (AvgIpc) is 2.86. The number of ether oxygens (including phenoxy) is 1. The molecule has 0 fully saturated rings. The van der Waals surface area contributed by atoms with Crippen molar-refractivity contribution in [1.82, 2.24) is 15.2 Å². The van der Waals surface area contributed by atoms with Crippen LogP contribution >= 0.6 is 11.3 Å². The minimum Gasteiger partial charge on any atom is -0.480 e. The van der Waals surface area contributed by atoms with Crippen LogP contribution in [0.2, 0.25) is 0 Å². The van der Waals surface area contributed by atoms with Crippen molar-refractivity contribution in [1.29, 1.82) is 0 Å². The molecule has 0 aliphatic carbocycles. The van der Waals surface area contributed by atoms with E-state index < -0.39 is 0 Å². The molecule has 2 aromatic heterocycles. The summed E-state index contributed by atoms with van der Waals surface area (Å²) in [5, 5.41) is 12.0. The van der Waals surface area contributed by atoms with Gasteiger partial charge in [-0.05, 0) is 18.6 Å². The quantitative estimate of drug-likeness (QED) is 0.906. The minimum absolute atomic E-state index is 0.290. The van der Waals surface area contributed by atoms with Crippen LogP contribution in [0, 0.1) is 0 Å². The second-order valence-electron chi connectivity index (χ2n) is 3.77. The van der Waals surface area contributed by atoms with Gasteiger partial charge in [0.25, 0.3) is 5.91 Å². The zero-order valence-electron chi connectivity index (χ0n) is 10.7. The van der Waals surface area contributed by atoms with E-state index in [-0.39, 0.29) is 5.91 Å². The topological polar surface area (TPSA) is 77.0 Å². The Morgan fingerprint density at radius 2 is 2.32 bits per heavy atom. The Bertz CT molecular complexity index is 570. The van der Waals surface area contributed by atoms with Gasteiger partial charge in [-0.25, -0.2) is 4.98 Å². The highest BCUT2D eigenvalue weighted by Crippen LogP contribution is 2.19. The maximum atomic E-state index is 12.1. The molecule has 2 heterocycles. The van der Waals surface area contributed by atoms with Crippen LogP contribution in [0.4, 0.5) is 5.13 Å². The number of aryl methyl sites for hydroxylation is 1. The molecule has 0 radical (unpaired) electrons. The van der Waals surface area contributed by atoms with Crippen molar-refractivity contribution in [3.05, 3.63) is 28.9 Å². The molecule has 100 valence electrons. The molecule has 1 N–H and O–H groups in total. The minimum atomic E-state index is -0.302. The number of aromatic nitrogens is 3. The summed E-state index contributed by atoms with van der Waals surface area (Å²) in [4.78, 5) is 16.0. The molecule has 1 amide bonds. The smallest absolute Gasteiger partial charge is 0.262 e. The van der Waals surface area contributed by atoms with Crippen molar-refractivity contribution in [3.63, 3.8) is 0 Å². The fourth-order valence-electron chi connectivity index (χ4n) is 1.51. The lowest BCUT2D eigenvalue weighted by Crippen LogP contribution is -2.13. The Morgan fingerprint density at radius 3 is 3.05 bits per heavy atom. The third-order valence-corrected chi connectivity index (χ3v) is 3.26. The predicted octanol–water partition coefficient (Wildman–Crippen LogP) is 2.15. The van der Waals surface area contributed by atoms with E-state index in [4.69, 9.17) is 4.74 Å². The van der Waals surface area contributed by atoms with Crippen molar-refractivity contribution >= 4 is 22.4 Å². The van der Waals surface area contributed by atoms with Gasteiger partial charge >= 0.3 is 0 Å². The lowest BCUT2D eigenvalue weighted by Gasteiger charge is -2.05. The molecular weight excluding hydrogens is 264 g/mol. The molecule has 0 spiro atoms. The fraction of sp³-hybridized carbons (Fsp3) is 0.333. The van der Waals surface area contributed by atoms with E-state index in [1.54, 1.807) is 18.3 Å². The lowest BCUT2D eigenvalue weighted by molar-refractivity contribution is 0.102. The molecule has 0 atom stereocenters. The number of nitrogens with one attached hydrogen (secondary N) is 1. The number of hydrogen-bond acceptors (Lipinski definition) is 6. The van der Waals surface area contributed by atoms with Gasteiger partial charge in [0.15, 0.2) is 0 Å².